The number of nitrogens with zero attached hydrogens (tertiary/aromatic N) is 2. The van der Waals surface area contributed by atoms with Crippen LogP contribution in [0.2, 0.25) is 0 Å². The van der Waals surface area contributed by atoms with Crippen molar-refractivity contribution in [3.63, 3.8) is 0 Å². The lowest BCUT2D eigenvalue weighted by Gasteiger charge is -2.43. The summed E-state index contributed by atoms with van der Waals surface area (Å²) in [6.45, 7) is 3.02. The predicted molar refractivity (Wildman–Crippen MR) is 131 cm³/mol. The molecule has 3 aliphatic rings. The Bertz CT molecular complexity index is 1020. The first-order valence-corrected chi connectivity index (χ1v) is 12.1. The van der Waals surface area contributed by atoms with E-state index in [1.165, 1.54) is 7.11 Å². The van der Waals surface area contributed by atoms with Crippen LogP contribution in [0.5, 0.6) is 0 Å². The first-order valence-electron chi connectivity index (χ1n) is 11.0. The summed E-state index contributed by atoms with van der Waals surface area (Å²) in [6, 6.07) is 9.84. The molecule has 1 fully saturated rings. The minimum Gasteiger partial charge on any atom is -0.466 e. The van der Waals surface area contributed by atoms with Gasteiger partial charge in [-0.2, -0.15) is 0 Å². The number of hydrogen-bond acceptors (Lipinski definition) is 5. The van der Waals surface area contributed by atoms with E-state index in [1.54, 1.807) is 11.8 Å². The number of carbonyl (C=O) groups excluding carboxylic acids is 3. The minimum atomic E-state index is -0.811. The molecule has 7 nitrogen and oxygen atoms in total. The second-order valence-corrected chi connectivity index (χ2v) is 9.59. The molecule has 1 saturated heterocycles. The summed E-state index contributed by atoms with van der Waals surface area (Å²) >= 11 is 2.07. The van der Waals surface area contributed by atoms with Crippen molar-refractivity contribution >= 4 is 40.6 Å². The molecule has 33 heavy (non-hydrogen) atoms. The van der Waals surface area contributed by atoms with Gasteiger partial charge in [0.25, 0.3) is 5.91 Å². The van der Waals surface area contributed by atoms with Crippen LogP contribution in [0.25, 0.3) is 0 Å². The number of amides is 2. The fourth-order valence-corrected chi connectivity index (χ4v) is 5.76. The zero-order valence-corrected chi connectivity index (χ0v) is 20.9. The Balaban J connectivity index is 1.68. The smallest absolute Gasteiger partial charge is 0.410 e. The summed E-state index contributed by atoms with van der Waals surface area (Å²) in [5.41, 5.74) is -0.508. The Morgan fingerprint density at radius 2 is 1.85 bits per heavy atom. The molecule has 2 amide bonds. The van der Waals surface area contributed by atoms with Gasteiger partial charge in [0.1, 0.15) is 5.54 Å². The van der Waals surface area contributed by atoms with Gasteiger partial charge in [0.15, 0.2) is 0 Å². The monoisotopic (exact) mass is 562 g/mol. The number of likely N-dealkylation sites (tertiary alicyclic amines) is 1. The average Bonchev–Trinajstić information content (AvgIpc) is 3.26. The van der Waals surface area contributed by atoms with E-state index in [9.17, 15) is 14.4 Å². The predicted octanol–water partition coefficient (Wildman–Crippen LogP) is 3.99. The standard InChI is InChI=1S/C25H27IN2O5/c1-3-33-21(29)15-19-9-14-27(23(31)32-2)25(19)12-10-24(11-13-25)16-20(26)22(30)28(24)17-18-7-5-4-6-8-18/h4-8,10-13,16,19H,3,9,14-15,17H2,1-2H3. The van der Waals surface area contributed by atoms with Gasteiger partial charge in [-0.1, -0.05) is 54.6 Å². The molecule has 2 heterocycles. The van der Waals surface area contributed by atoms with Gasteiger partial charge < -0.3 is 14.4 Å². The molecule has 0 aromatic heterocycles. The lowest BCUT2D eigenvalue weighted by molar-refractivity contribution is -0.144. The summed E-state index contributed by atoms with van der Waals surface area (Å²) in [6.07, 6.45) is 10.2. The van der Waals surface area contributed by atoms with Crippen molar-refractivity contribution in [2.45, 2.75) is 37.4 Å². The third-order valence-electron chi connectivity index (χ3n) is 6.63. The summed E-state index contributed by atoms with van der Waals surface area (Å²) in [5.74, 6) is -0.473. The van der Waals surface area contributed by atoms with Gasteiger partial charge in [-0.3, -0.25) is 14.5 Å². The maximum absolute atomic E-state index is 13.0. The minimum absolute atomic E-state index is 0.0379. The van der Waals surface area contributed by atoms with Gasteiger partial charge in [0.2, 0.25) is 0 Å². The van der Waals surface area contributed by atoms with E-state index in [0.29, 0.717) is 29.7 Å². The highest BCUT2D eigenvalue weighted by Gasteiger charge is 2.53. The Kier molecular flexibility index (Phi) is 6.65. The zero-order valence-electron chi connectivity index (χ0n) is 18.7. The van der Waals surface area contributed by atoms with Crippen LogP contribution in [0.1, 0.15) is 25.3 Å². The van der Waals surface area contributed by atoms with Crippen LogP contribution in [-0.2, 0) is 25.6 Å². The van der Waals surface area contributed by atoms with Gasteiger partial charge in [-0.05, 0) is 47.6 Å². The zero-order chi connectivity index (χ0) is 23.6. The first-order chi connectivity index (χ1) is 15.8. The fourth-order valence-electron chi connectivity index (χ4n) is 4.97. The molecule has 2 aliphatic heterocycles. The quantitative estimate of drug-likeness (QED) is 0.308. The average molecular weight is 562 g/mol. The van der Waals surface area contributed by atoms with Crippen molar-refractivity contribution < 1.29 is 23.9 Å². The molecule has 4 rings (SSSR count). The van der Waals surface area contributed by atoms with E-state index in [1.807, 2.05) is 65.6 Å². The lowest BCUT2D eigenvalue weighted by Crippen LogP contribution is -2.52. The molecule has 2 spiro atoms. The SMILES string of the molecule is CCOC(=O)CC1CCN(C(=O)OC)C12C=CC1(C=C2)C=C(I)C(=O)N1Cc1ccccc1. The highest BCUT2D eigenvalue weighted by molar-refractivity contribution is 14.1. The molecule has 1 aromatic rings. The van der Waals surface area contributed by atoms with E-state index in [-0.39, 0.29) is 24.2 Å². The number of rotatable bonds is 5. The third-order valence-corrected chi connectivity index (χ3v) is 7.40. The maximum Gasteiger partial charge on any atom is 0.410 e. The topological polar surface area (TPSA) is 76.1 Å². The molecule has 0 bridgehead atoms. The van der Waals surface area contributed by atoms with Gasteiger partial charge >= 0.3 is 12.1 Å². The van der Waals surface area contributed by atoms with Gasteiger partial charge in [0, 0.05) is 19.0 Å². The Hall–Kier alpha value is -2.62. The summed E-state index contributed by atoms with van der Waals surface area (Å²) in [5, 5.41) is 0. The number of benzene rings is 1. The van der Waals surface area contributed by atoms with Crippen LogP contribution in [0.4, 0.5) is 4.79 Å². The molecule has 1 unspecified atom stereocenters. The number of carbonyl (C=O) groups is 3. The highest BCUT2D eigenvalue weighted by Crippen LogP contribution is 2.46. The molecule has 0 radical (unpaired) electrons. The Morgan fingerprint density at radius 3 is 2.48 bits per heavy atom. The van der Waals surface area contributed by atoms with Crippen LogP contribution in [0.15, 0.2) is 64.3 Å². The van der Waals surface area contributed by atoms with Crippen LogP contribution < -0.4 is 0 Å². The molecular weight excluding hydrogens is 535 g/mol. The van der Waals surface area contributed by atoms with Crippen molar-refractivity contribution in [2.75, 3.05) is 20.3 Å². The summed E-state index contributed by atoms with van der Waals surface area (Å²) in [7, 11) is 1.36. The summed E-state index contributed by atoms with van der Waals surface area (Å²) < 4.78 is 10.9. The number of hydrogen-bond donors (Lipinski definition) is 0. The van der Waals surface area contributed by atoms with Gasteiger partial charge in [0.05, 0.1) is 29.3 Å². The first kappa shape index (κ1) is 23.5. The second kappa shape index (κ2) is 9.32. The van der Waals surface area contributed by atoms with Crippen LogP contribution in [-0.4, -0.2) is 59.1 Å². The van der Waals surface area contributed by atoms with Crippen molar-refractivity contribution in [1.82, 2.24) is 9.80 Å². The number of methoxy groups -OCH3 is 1. The molecule has 0 N–H and O–H groups in total. The van der Waals surface area contributed by atoms with Crippen LogP contribution in [0.3, 0.4) is 0 Å². The Morgan fingerprint density at radius 1 is 1.15 bits per heavy atom. The van der Waals surface area contributed by atoms with Gasteiger partial charge in [-0.25, -0.2) is 4.79 Å². The van der Waals surface area contributed by atoms with Crippen molar-refractivity contribution in [3.05, 3.63) is 69.9 Å². The number of halogens is 1. The molecule has 1 aromatic carbocycles. The van der Waals surface area contributed by atoms with E-state index in [4.69, 9.17) is 9.47 Å². The van der Waals surface area contributed by atoms with E-state index in [0.717, 1.165) is 5.56 Å². The van der Waals surface area contributed by atoms with E-state index < -0.39 is 17.2 Å². The van der Waals surface area contributed by atoms with E-state index >= 15 is 0 Å². The normalized spacial score (nSPS) is 28.0. The molecule has 174 valence electrons. The number of esters is 1. The van der Waals surface area contributed by atoms with Crippen molar-refractivity contribution in [1.29, 1.82) is 0 Å². The molecule has 1 aliphatic carbocycles. The highest BCUT2D eigenvalue weighted by atomic mass is 127. The third kappa shape index (κ3) is 4.20. The van der Waals surface area contributed by atoms with Crippen molar-refractivity contribution in [2.24, 2.45) is 5.92 Å². The summed E-state index contributed by atoms with van der Waals surface area (Å²) in [4.78, 5) is 41.4. The molecular formula is C25H27IN2O5. The second-order valence-electron chi connectivity index (χ2n) is 8.43. The van der Waals surface area contributed by atoms with Crippen LogP contribution in [0, 0.1) is 5.92 Å². The largest absolute Gasteiger partial charge is 0.466 e. The number of ether oxygens (including phenoxy) is 2. The lowest BCUT2D eigenvalue weighted by atomic mass is 9.76. The fraction of sp³-hybridized carbons (Fsp3) is 0.400. The van der Waals surface area contributed by atoms with Crippen LogP contribution >= 0.6 is 22.6 Å². The van der Waals surface area contributed by atoms with Gasteiger partial charge in [-0.15, -0.1) is 0 Å². The maximum atomic E-state index is 13.0. The molecule has 8 heteroatoms. The van der Waals surface area contributed by atoms with E-state index in [2.05, 4.69) is 22.6 Å². The molecule has 1 atom stereocenters. The molecule has 0 saturated carbocycles. The van der Waals surface area contributed by atoms with Crippen molar-refractivity contribution in [3.8, 4) is 0 Å². The Labute approximate surface area is 207 Å².